The maximum Gasteiger partial charge on any atom is 0.314 e. The summed E-state index contributed by atoms with van der Waals surface area (Å²) in [5.74, 6) is -1.21. The molecule has 5 rings (SSSR count). The lowest BCUT2D eigenvalue weighted by Crippen LogP contribution is -2.56. The Balaban J connectivity index is 1.27. The second kappa shape index (κ2) is 11.8. The van der Waals surface area contributed by atoms with E-state index < -0.39 is 23.9 Å². The number of rotatable bonds is 6. The average molecular weight is 651 g/mol. The van der Waals surface area contributed by atoms with Gasteiger partial charge in [0.25, 0.3) is 5.91 Å². The molecule has 0 saturated heterocycles. The Morgan fingerprint density at radius 3 is 2.79 bits per heavy atom. The largest absolute Gasteiger partial charge is 0.428 e. The maximum absolute atomic E-state index is 13.2. The number of likely N-dealkylation sites (N-methyl/N-ethyl adjacent to an activating group) is 1. The molecule has 2 aliphatic rings. The van der Waals surface area contributed by atoms with Crippen molar-refractivity contribution in [3.8, 4) is 0 Å². The van der Waals surface area contributed by atoms with E-state index in [2.05, 4.69) is 63.6 Å². The molecule has 3 aromatic heterocycles. The Morgan fingerprint density at radius 2 is 2.05 bits per heavy atom. The molecular formula is C24H27IN8O4S. The molecule has 0 unspecified atom stereocenters. The Morgan fingerprint density at radius 1 is 1.18 bits per heavy atom. The van der Waals surface area contributed by atoms with Crippen LogP contribution < -0.4 is 16.0 Å². The quantitative estimate of drug-likeness (QED) is 0.207. The van der Waals surface area contributed by atoms with Gasteiger partial charge in [0.1, 0.15) is 5.82 Å². The smallest absolute Gasteiger partial charge is 0.314 e. The molecule has 3 amide bonds. The zero-order valence-electron chi connectivity index (χ0n) is 20.6. The molecule has 3 atom stereocenters. The van der Waals surface area contributed by atoms with E-state index in [0.29, 0.717) is 36.0 Å². The third kappa shape index (κ3) is 6.18. The molecule has 1 aliphatic heterocycles. The lowest BCUT2D eigenvalue weighted by atomic mass is 9.82. The highest BCUT2D eigenvalue weighted by molar-refractivity contribution is 14.1. The fourth-order valence-electron chi connectivity index (χ4n) is 4.72. The van der Waals surface area contributed by atoms with E-state index in [0.717, 1.165) is 40.1 Å². The zero-order chi connectivity index (χ0) is 26.6. The van der Waals surface area contributed by atoms with Gasteiger partial charge in [0.15, 0.2) is 5.01 Å². The molecule has 38 heavy (non-hydrogen) atoms. The minimum Gasteiger partial charge on any atom is -0.428 e. The highest BCUT2D eigenvalue weighted by atomic mass is 127. The Kier molecular flexibility index (Phi) is 8.28. The van der Waals surface area contributed by atoms with Gasteiger partial charge in [-0.3, -0.25) is 14.4 Å². The van der Waals surface area contributed by atoms with Gasteiger partial charge in [-0.25, -0.2) is 9.97 Å². The van der Waals surface area contributed by atoms with Crippen molar-refractivity contribution in [1.29, 1.82) is 0 Å². The first-order valence-electron chi connectivity index (χ1n) is 12.3. The van der Waals surface area contributed by atoms with Crippen molar-refractivity contribution in [3.05, 3.63) is 51.8 Å². The van der Waals surface area contributed by atoms with Crippen molar-refractivity contribution in [3.63, 3.8) is 0 Å². The molecule has 200 valence electrons. The molecule has 1 fully saturated rings. The van der Waals surface area contributed by atoms with Gasteiger partial charge in [-0.05, 0) is 37.9 Å². The van der Waals surface area contributed by atoms with Crippen molar-refractivity contribution in [1.82, 2.24) is 35.7 Å². The molecule has 4 heterocycles. The molecule has 12 nitrogen and oxygen atoms in total. The van der Waals surface area contributed by atoms with Crippen molar-refractivity contribution in [2.45, 2.75) is 54.7 Å². The Labute approximate surface area is 236 Å². The molecule has 3 N–H and O–H groups in total. The summed E-state index contributed by atoms with van der Waals surface area (Å²) in [6.07, 6.45) is 5.37. The van der Waals surface area contributed by atoms with Crippen molar-refractivity contribution in [2.24, 2.45) is 0 Å². The number of halogens is 1. The number of aromatic nitrogens is 4. The van der Waals surface area contributed by atoms with Gasteiger partial charge in [-0.2, -0.15) is 0 Å². The zero-order valence-corrected chi connectivity index (χ0v) is 23.6. The van der Waals surface area contributed by atoms with E-state index in [1.165, 1.54) is 17.7 Å². The third-order valence-electron chi connectivity index (χ3n) is 6.75. The van der Waals surface area contributed by atoms with Crippen LogP contribution in [0, 0.1) is 0 Å². The summed E-state index contributed by atoms with van der Waals surface area (Å²) < 4.78 is 6.20. The van der Waals surface area contributed by atoms with Crippen LogP contribution in [0.5, 0.6) is 0 Å². The number of anilines is 1. The molecule has 14 heteroatoms. The van der Waals surface area contributed by atoms with Crippen LogP contribution in [0.25, 0.3) is 0 Å². The molecule has 0 aromatic carbocycles. The number of alkyl halides is 1. The van der Waals surface area contributed by atoms with Crippen molar-refractivity contribution >= 4 is 57.5 Å². The molecule has 3 aromatic rings. The lowest BCUT2D eigenvalue weighted by molar-refractivity contribution is -0.136. The van der Waals surface area contributed by atoms with Gasteiger partial charge in [-0.15, -0.1) is 21.5 Å². The average Bonchev–Trinajstić information content (AvgIpc) is 3.60. The second-order valence-electron chi connectivity index (χ2n) is 9.46. The van der Waals surface area contributed by atoms with Crippen LogP contribution in [0.3, 0.4) is 0 Å². The van der Waals surface area contributed by atoms with E-state index in [4.69, 9.17) is 4.42 Å². The van der Waals surface area contributed by atoms with Gasteiger partial charge in [-0.1, -0.05) is 28.7 Å². The number of nitrogens with zero attached hydrogens (tertiary/aromatic N) is 5. The highest BCUT2D eigenvalue weighted by Crippen LogP contribution is 2.33. The number of fused-ring (bicyclic) bond motifs is 1. The number of carbonyl (C=O) groups excluding carboxylic acids is 3. The Hall–Kier alpha value is -2.98. The molecule has 1 saturated carbocycles. The summed E-state index contributed by atoms with van der Waals surface area (Å²) >= 11 is 3.61. The lowest BCUT2D eigenvalue weighted by Gasteiger charge is -2.35. The maximum atomic E-state index is 13.2. The third-order valence-corrected chi connectivity index (χ3v) is 8.71. The minimum absolute atomic E-state index is 0.0800. The molecule has 0 spiro atoms. The standard InChI is InChI=1S/C24H27IN8O4S/c1-33-7-6-16-18(11-33)38-24(30-16)22(36)29-17-8-14(23-32-27-12-37-23)3-4-15(17)28-20(34)21(35)31-19-5-2-13(9-25)10-26-19/h2,5,10,12,14-15,17H,3-4,6-9,11H2,1H3,(H,28,34)(H,29,36)(H,26,31,35)/t14-,15-,17+/m0/s1. The Bertz CT molecular complexity index is 1300. The summed E-state index contributed by atoms with van der Waals surface area (Å²) in [5, 5.41) is 16.6. The van der Waals surface area contributed by atoms with Gasteiger partial charge in [0, 0.05) is 47.0 Å². The van der Waals surface area contributed by atoms with Crippen LogP contribution in [0.15, 0.2) is 29.1 Å². The molecule has 0 radical (unpaired) electrons. The summed E-state index contributed by atoms with van der Waals surface area (Å²) in [4.78, 5) is 50.6. The first-order valence-corrected chi connectivity index (χ1v) is 14.6. The van der Waals surface area contributed by atoms with Crippen LogP contribution in [0.4, 0.5) is 5.82 Å². The summed E-state index contributed by atoms with van der Waals surface area (Å²) in [6, 6.07) is 2.57. The number of thiazole rings is 1. The number of amides is 3. The highest BCUT2D eigenvalue weighted by Gasteiger charge is 2.37. The van der Waals surface area contributed by atoms with Crippen LogP contribution >= 0.6 is 33.9 Å². The van der Waals surface area contributed by atoms with E-state index in [9.17, 15) is 14.4 Å². The molecule has 1 aliphatic carbocycles. The number of hydrogen-bond donors (Lipinski definition) is 3. The topological polar surface area (TPSA) is 155 Å². The number of hydrogen-bond acceptors (Lipinski definition) is 10. The fourth-order valence-corrected chi connectivity index (χ4v) is 6.26. The number of pyridine rings is 1. The van der Waals surface area contributed by atoms with Crippen molar-refractivity contribution < 1.29 is 18.8 Å². The van der Waals surface area contributed by atoms with E-state index in [-0.39, 0.29) is 11.8 Å². The second-order valence-corrected chi connectivity index (χ2v) is 11.3. The molecular weight excluding hydrogens is 623 g/mol. The first kappa shape index (κ1) is 26.6. The normalized spacial score (nSPS) is 21.4. The van der Waals surface area contributed by atoms with Crippen LogP contribution in [0.1, 0.15) is 57.0 Å². The number of carbonyl (C=O) groups is 3. The van der Waals surface area contributed by atoms with Crippen LogP contribution in [-0.2, 0) is 27.0 Å². The summed E-state index contributed by atoms with van der Waals surface area (Å²) in [6.45, 7) is 1.67. The van der Waals surface area contributed by atoms with E-state index in [1.807, 2.05) is 13.1 Å². The summed E-state index contributed by atoms with van der Waals surface area (Å²) in [5.41, 5.74) is 1.98. The van der Waals surface area contributed by atoms with Crippen molar-refractivity contribution in [2.75, 3.05) is 18.9 Å². The fraction of sp³-hybridized carbons (Fsp3) is 0.458. The van der Waals surface area contributed by atoms with E-state index >= 15 is 0 Å². The van der Waals surface area contributed by atoms with Gasteiger partial charge >= 0.3 is 11.8 Å². The van der Waals surface area contributed by atoms with Crippen LogP contribution in [0.2, 0.25) is 0 Å². The SMILES string of the molecule is CN1CCc2nc(C(=O)N[C@@H]3C[C@@H](c4nnco4)CC[C@@H]3NC(=O)C(=O)Nc3ccc(CI)cn3)sc2C1. The van der Waals surface area contributed by atoms with Crippen LogP contribution in [-0.4, -0.2) is 68.5 Å². The summed E-state index contributed by atoms with van der Waals surface area (Å²) in [7, 11) is 2.04. The van der Waals surface area contributed by atoms with Gasteiger partial charge in [0.2, 0.25) is 12.3 Å². The predicted octanol–water partition coefficient (Wildman–Crippen LogP) is 2.03. The minimum atomic E-state index is -0.819. The van der Waals surface area contributed by atoms with Gasteiger partial charge in [0.05, 0.1) is 11.7 Å². The van der Waals surface area contributed by atoms with Gasteiger partial charge < -0.3 is 25.3 Å². The predicted molar refractivity (Wildman–Crippen MR) is 147 cm³/mol. The monoisotopic (exact) mass is 650 g/mol. The molecule has 0 bridgehead atoms. The van der Waals surface area contributed by atoms with E-state index in [1.54, 1.807) is 12.3 Å². The first-order chi connectivity index (χ1) is 18.4. The number of nitrogens with one attached hydrogen (secondary N) is 3.